The molecule has 0 aliphatic rings. The predicted molar refractivity (Wildman–Crippen MR) is 61.7 cm³/mol. The maximum atomic E-state index is 11.4. The fourth-order valence-corrected chi connectivity index (χ4v) is 1.15. The molecule has 1 aromatic rings. The van der Waals surface area contributed by atoms with Crippen LogP contribution >= 0.6 is 0 Å². The number of hydrogen-bond donors (Lipinski definition) is 0. The van der Waals surface area contributed by atoms with Gasteiger partial charge in [-0.1, -0.05) is 0 Å². The minimum Gasteiger partial charge on any atom is -0.466 e. The zero-order chi connectivity index (χ0) is 12.3. The summed E-state index contributed by atoms with van der Waals surface area (Å²) >= 11 is 0. The first-order chi connectivity index (χ1) is 7.43. The van der Waals surface area contributed by atoms with Gasteiger partial charge in [0.15, 0.2) is 6.61 Å². The molecule has 1 heterocycles. The Morgan fingerprint density at radius 3 is 2.56 bits per heavy atom. The highest BCUT2D eigenvalue weighted by molar-refractivity contribution is 5.77. The molecule has 6 heteroatoms. The molecule has 0 radical (unpaired) electrons. The van der Waals surface area contributed by atoms with E-state index in [2.05, 4.69) is 5.10 Å². The van der Waals surface area contributed by atoms with Crippen molar-refractivity contribution in [3.63, 3.8) is 0 Å². The number of carbonyl (C=O) groups is 1. The Labute approximate surface area is 95.4 Å². The molecule has 0 aromatic carbocycles. The van der Waals surface area contributed by atoms with Crippen LogP contribution in [0.5, 0.6) is 5.88 Å². The molecule has 0 atom stereocenters. The molecule has 0 aliphatic heterocycles. The smallest absolute Gasteiger partial charge is 0.260 e. The van der Waals surface area contributed by atoms with Crippen LogP contribution in [0.25, 0.3) is 0 Å². The van der Waals surface area contributed by atoms with E-state index in [1.165, 1.54) is 4.90 Å². The molecule has 0 fully saturated rings. The zero-order valence-electron chi connectivity index (χ0n) is 10.4. The number of likely N-dealkylation sites (N-methyl/N-ethyl adjacent to an activating group) is 1. The summed E-state index contributed by atoms with van der Waals surface area (Å²) in [6.45, 7) is 0.0212. The Balaban J connectivity index is 2.73. The van der Waals surface area contributed by atoms with Crippen LogP contribution in [0.2, 0.25) is 0 Å². The predicted octanol–water partition coefficient (Wildman–Crippen LogP) is -0.0469. The fourth-order valence-electron chi connectivity index (χ4n) is 1.15. The number of aryl methyl sites for hydroxylation is 1. The van der Waals surface area contributed by atoms with E-state index in [9.17, 15) is 4.79 Å². The summed E-state index contributed by atoms with van der Waals surface area (Å²) < 4.78 is 7.07. The topological polar surface area (TPSA) is 50.6 Å². The molecule has 1 aromatic heterocycles. The fraction of sp³-hybridized carbons (Fsp3) is 0.600. The van der Waals surface area contributed by atoms with Crippen molar-refractivity contribution < 1.29 is 9.53 Å². The molecular weight excluding hydrogens is 208 g/mol. The molecule has 0 aliphatic carbocycles. The Hall–Kier alpha value is -1.72. The minimum absolute atomic E-state index is 0.0212. The molecule has 0 N–H and O–H groups in total. The summed E-state index contributed by atoms with van der Waals surface area (Å²) in [6, 6.07) is 0. The highest BCUT2D eigenvalue weighted by Crippen LogP contribution is 2.25. The Morgan fingerprint density at radius 1 is 1.44 bits per heavy atom. The van der Waals surface area contributed by atoms with Gasteiger partial charge in [0, 0.05) is 35.2 Å². The number of carbonyl (C=O) groups excluding carboxylic acids is 1. The average molecular weight is 226 g/mol. The van der Waals surface area contributed by atoms with Crippen molar-refractivity contribution in [3.8, 4) is 5.88 Å². The lowest BCUT2D eigenvalue weighted by molar-refractivity contribution is -0.130. The number of ether oxygens (including phenoxy) is 1. The summed E-state index contributed by atoms with van der Waals surface area (Å²) in [6.07, 6.45) is 1.70. The molecule has 0 spiro atoms. The van der Waals surface area contributed by atoms with E-state index < -0.39 is 0 Å². The lowest BCUT2D eigenvalue weighted by Crippen LogP contribution is -2.28. The van der Waals surface area contributed by atoms with Gasteiger partial charge in [0.1, 0.15) is 5.69 Å². The van der Waals surface area contributed by atoms with Crippen LogP contribution in [0, 0.1) is 0 Å². The van der Waals surface area contributed by atoms with E-state index in [0.717, 1.165) is 5.69 Å². The summed E-state index contributed by atoms with van der Waals surface area (Å²) in [5, 5.41) is 4.09. The van der Waals surface area contributed by atoms with E-state index in [-0.39, 0.29) is 12.5 Å². The Morgan fingerprint density at radius 2 is 2.06 bits per heavy atom. The molecule has 1 rings (SSSR count). The number of amides is 1. The number of rotatable bonds is 4. The van der Waals surface area contributed by atoms with Crippen molar-refractivity contribution in [2.45, 2.75) is 0 Å². The number of nitrogens with zero attached hydrogens (tertiary/aromatic N) is 4. The van der Waals surface area contributed by atoms with E-state index in [0.29, 0.717) is 5.88 Å². The summed E-state index contributed by atoms with van der Waals surface area (Å²) in [7, 11) is 8.97. The first-order valence-electron chi connectivity index (χ1n) is 4.95. The molecular formula is C10H18N4O2. The third-order valence-corrected chi connectivity index (χ3v) is 2.18. The van der Waals surface area contributed by atoms with Gasteiger partial charge in [-0.25, -0.2) is 4.68 Å². The lowest BCUT2D eigenvalue weighted by atomic mass is 10.5. The van der Waals surface area contributed by atoms with Gasteiger partial charge in [-0.15, -0.1) is 0 Å². The third-order valence-electron chi connectivity index (χ3n) is 2.18. The van der Waals surface area contributed by atoms with Crippen LogP contribution in [0.3, 0.4) is 0 Å². The van der Waals surface area contributed by atoms with Crippen molar-refractivity contribution in [2.24, 2.45) is 7.05 Å². The van der Waals surface area contributed by atoms with Crippen LogP contribution in [-0.4, -0.2) is 55.4 Å². The Kier molecular flexibility index (Phi) is 3.76. The van der Waals surface area contributed by atoms with Crippen LogP contribution in [0.1, 0.15) is 0 Å². The average Bonchev–Trinajstić information content (AvgIpc) is 2.56. The highest BCUT2D eigenvalue weighted by Gasteiger charge is 2.13. The second-order valence-electron chi connectivity index (χ2n) is 3.93. The van der Waals surface area contributed by atoms with Crippen LogP contribution < -0.4 is 9.64 Å². The van der Waals surface area contributed by atoms with E-state index in [1.807, 2.05) is 19.0 Å². The molecule has 0 bridgehead atoms. The first kappa shape index (κ1) is 12.4. The largest absolute Gasteiger partial charge is 0.466 e. The second-order valence-corrected chi connectivity index (χ2v) is 3.93. The lowest BCUT2D eigenvalue weighted by Gasteiger charge is -2.15. The van der Waals surface area contributed by atoms with Gasteiger partial charge >= 0.3 is 0 Å². The summed E-state index contributed by atoms with van der Waals surface area (Å²) in [5.74, 6) is 0.520. The molecule has 0 saturated heterocycles. The highest BCUT2D eigenvalue weighted by atomic mass is 16.5. The van der Waals surface area contributed by atoms with Gasteiger partial charge in [-0.05, 0) is 0 Å². The quantitative estimate of drug-likeness (QED) is 0.722. The zero-order valence-corrected chi connectivity index (χ0v) is 10.4. The van der Waals surface area contributed by atoms with Gasteiger partial charge in [0.05, 0.1) is 6.20 Å². The van der Waals surface area contributed by atoms with Crippen LogP contribution in [-0.2, 0) is 11.8 Å². The second kappa shape index (κ2) is 4.87. The van der Waals surface area contributed by atoms with Gasteiger partial charge in [-0.3, -0.25) is 4.79 Å². The van der Waals surface area contributed by atoms with Crippen molar-refractivity contribution in [2.75, 3.05) is 39.7 Å². The molecule has 90 valence electrons. The normalized spacial score (nSPS) is 10.1. The number of hydrogen-bond acceptors (Lipinski definition) is 4. The van der Waals surface area contributed by atoms with Crippen molar-refractivity contribution in [1.82, 2.24) is 14.7 Å². The van der Waals surface area contributed by atoms with Crippen molar-refractivity contribution in [1.29, 1.82) is 0 Å². The maximum Gasteiger partial charge on any atom is 0.260 e. The van der Waals surface area contributed by atoms with E-state index >= 15 is 0 Å². The van der Waals surface area contributed by atoms with Gasteiger partial charge < -0.3 is 14.5 Å². The van der Waals surface area contributed by atoms with Gasteiger partial charge in [0.25, 0.3) is 5.91 Å². The van der Waals surface area contributed by atoms with Gasteiger partial charge in [-0.2, -0.15) is 5.10 Å². The van der Waals surface area contributed by atoms with Gasteiger partial charge in [0.2, 0.25) is 5.88 Å². The Bertz CT molecular complexity index is 371. The standard InChI is InChI=1S/C10H18N4O2/c1-12(2)8-6-11-14(5)10(8)16-7-9(15)13(3)4/h6H,7H2,1-5H3. The number of anilines is 1. The van der Waals surface area contributed by atoms with Crippen LogP contribution in [0.4, 0.5) is 5.69 Å². The molecule has 0 unspecified atom stereocenters. The van der Waals surface area contributed by atoms with E-state index in [1.54, 1.807) is 32.0 Å². The van der Waals surface area contributed by atoms with Crippen molar-refractivity contribution in [3.05, 3.63) is 6.20 Å². The SMILES string of the molecule is CN(C)C(=O)COc1c(N(C)C)cnn1C. The third kappa shape index (κ3) is 2.65. The maximum absolute atomic E-state index is 11.4. The molecule has 0 saturated carbocycles. The molecule has 1 amide bonds. The molecule has 6 nitrogen and oxygen atoms in total. The monoisotopic (exact) mass is 226 g/mol. The van der Waals surface area contributed by atoms with E-state index in [4.69, 9.17) is 4.74 Å². The minimum atomic E-state index is -0.0779. The summed E-state index contributed by atoms with van der Waals surface area (Å²) in [5.41, 5.74) is 0.856. The number of aromatic nitrogens is 2. The summed E-state index contributed by atoms with van der Waals surface area (Å²) in [4.78, 5) is 14.8. The van der Waals surface area contributed by atoms with Crippen molar-refractivity contribution >= 4 is 11.6 Å². The van der Waals surface area contributed by atoms with Crippen LogP contribution in [0.15, 0.2) is 6.20 Å². The molecule has 16 heavy (non-hydrogen) atoms. The first-order valence-corrected chi connectivity index (χ1v) is 4.95.